The molecule has 2 N–H and O–H groups in total. The molecule has 2 aromatic heterocycles. The van der Waals surface area contributed by atoms with Gasteiger partial charge in [-0.3, -0.25) is 0 Å². The molecule has 0 atom stereocenters. The summed E-state index contributed by atoms with van der Waals surface area (Å²) >= 11 is 4.84. The van der Waals surface area contributed by atoms with Crippen molar-refractivity contribution in [2.24, 2.45) is 0 Å². The van der Waals surface area contributed by atoms with Crippen molar-refractivity contribution in [1.82, 2.24) is 0 Å². The summed E-state index contributed by atoms with van der Waals surface area (Å²) in [5, 5.41) is 3.23. The molecular formula is C14H16N2O2S3. The van der Waals surface area contributed by atoms with E-state index in [2.05, 4.69) is 16.3 Å². The molecule has 0 amide bonds. The van der Waals surface area contributed by atoms with Crippen LogP contribution in [0, 0.1) is 0 Å². The van der Waals surface area contributed by atoms with E-state index in [1.165, 1.54) is 28.9 Å². The molecule has 0 spiro atoms. The monoisotopic (exact) mass is 340 g/mol. The molecular weight excluding hydrogens is 324 g/mol. The highest BCUT2D eigenvalue weighted by Crippen LogP contribution is 2.45. The van der Waals surface area contributed by atoms with Crippen molar-refractivity contribution in [2.75, 3.05) is 30.5 Å². The summed E-state index contributed by atoms with van der Waals surface area (Å²) in [5.74, 6) is -0.354. The smallest absolute Gasteiger partial charge is 0.350 e. The topological polar surface area (TPSA) is 55.6 Å². The summed E-state index contributed by atoms with van der Waals surface area (Å²) in [6.45, 7) is 1.84. The van der Waals surface area contributed by atoms with Crippen LogP contribution in [0.25, 0.3) is 0 Å². The Morgan fingerprint density at radius 2 is 2.33 bits per heavy atom. The Morgan fingerprint density at radius 1 is 1.52 bits per heavy atom. The van der Waals surface area contributed by atoms with Gasteiger partial charge in [0.05, 0.1) is 17.7 Å². The molecule has 0 bridgehead atoms. The van der Waals surface area contributed by atoms with E-state index in [1.54, 1.807) is 11.8 Å². The molecule has 2 aromatic rings. The lowest BCUT2D eigenvalue weighted by molar-refractivity contribution is 0.0607. The maximum atomic E-state index is 11.8. The van der Waals surface area contributed by atoms with Crippen molar-refractivity contribution in [3.05, 3.63) is 26.8 Å². The minimum atomic E-state index is -0.354. The first-order valence-electron chi connectivity index (χ1n) is 6.50. The Kier molecular flexibility index (Phi) is 4.14. The number of rotatable bonds is 3. The molecule has 0 radical (unpaired) electrons. The van der Waals surface area contributed by atoms with Crippen LogP contribution >= 0.6 is 34.4 Å². The van der Waals surface area contributed by atoms with Gasteiger partial charge in [-0.05, 0) is 29.7 Å². The number of carbonyl (C=O) groups excluding carboxylic acids is 1. The fraction of sp³-hybridized carbons (Fsp3) is 0.357. The molecule has 0 saturated heterocycles. The van der Waals surface area contributed by atoms with Crippen molar-refractivity contribution < 1.29 is 9.53 Å². The van der Waals surface area contributed by atoms with Gasteiger partial charge in [-0.2, -0.15) is 0 Å². The Labute approximate surface area is 135 Å². The van der Waals surface area contributed by atoms with Crippen molar-refractivity contribution in [3.63, 3.8) is 0 Å². The maximum absolute atomic E-state index is 11.8. The van der Waals surface area contributed by atoms with E-state index in [9.17, 15) is 4.79 Å². The van der Waals surface area contributed by atoms with Gasteiger partial charge < -0.3 is 15.4 Å². The van der Waals surface area contributed by atoms with E-state index in [-0.39, 0.29) is 5.97 Å². The number of nitrogens with two attached hydrogens (primary N) is 1. The fourth-order valence-electron chi connectivity index (χ4n) is 2.49. The first kappa shape index (κ1) is 14.7. The number of nitrogens with zero attached hydrogens (tertiary/aromatic N) is 1. The van der Waals surface area contributed by atoms with E-state index >= 15 is 0 Å². The fourth-order valence-corrected chi connectivity index (χ4v) is 5.50. The second-order valence-electron chi connectivity index (χ2n) is 4.72. The Bertz CT molecular complexity index is 678. The Hall–Kier alpha value is -1.18. The van der Waals surface area contributed by atoms with Crippen LogP contribution in [0.3, 0.4) is 0 Å². The zero-order valence-electron chi connectivity index (χ0n) is 11.8. The molecule has 0 aromatic carbocycles. The van der Waals surface area contributed by atoms with Gasteiger partial charge in [0.25, 0.3) is 0 Å². The number of carbonyl (C=O) groups is 1. The molecule has 1 aliphatic rings. The molecule has 1 aliphatic heterocycles. The summed E-state index contributed by atoms with van der Waals surface area (Å²) in [7, 11) is 1.39. The number of methoxy groups -OCH3 is 1. The Balaban J connectivity index is 1.97. The highest BCUT2D eigenvalue weighted by Gasteiger charge is 2.26. The minimum absolute atomic E-state index is 0.354. The number of thioether (sulfide) groups is 1. The first-order chi connectivity index (χ1) is 10.2. The third-order valence-electron chi connectivity index (χ3n) is 3.55. The number of nitrogen functional groups attached to an aromatic ring is 1. The zero-order valence-corrected chi connectivity index (χ0v) is 14.3. The van der Waals surface area contributed by atoms with Gasteiger partial charge >= 0.3 is 5.97 Å². The molecule has 112 valence electrons. The van der Waals surface area contributed by atoms with Gasteiger partial charge in [-0.1, -0.05) is 0 Å². The number of fused-ring (bicyclic) bond motifs is 1. The largest absolute Gasteiger partial charge is 0.465 e. The van der Waals surface area contributed by atoms with Crippen LogP contribution in [0.5, 0.6) is 0 Å². The average Bonchev–Trinajstić information content (AvgIpc) is 3.09. The van der Waals surface area contributed by atoms with E-state index < -0.39 is 0 Å². The van der Waals surface area contributed by atoms with E-state index in [0.717, 1.165) is 29.4 Å². The number of hydrogen-bond donors (Lipinski definition) is 1. The van der Waals surface area contributed by atoms with Crippen LogP contribution in [-0.2, 0) is 17.7 Å². The van der Waals surface area contributed by atoms with Gasteiger partial charge in [0.15, 0.2) is 0 Å². The second kappa shape index (κ2) is 5.90. The predicted molar refractivity (Wildman–Crippen MR) is 90.9 cm³/mol. The summed E-state index contributed by atoms with van der Waals surface area (Å²) in [4.78, 5) is 17.1. The van der Waals surface area contributed by atoms with Crippen molar-refractivity contribution in [1.29, 1.82) is 0 Å². The average molecular weight is 340 g/mol. The van der Waals surface area contributed by atoms with Crippen molar-refractivity contribution >= 4 is 51.1 Å². The van der Waals surface area contributed by atoms with Gasteiger partial charge in [0, 0.05) is 18.0 Å². The first-order valence-corrected chi connectivity index (χ1v) is 9.42. The van der Waals surface area contributed by atoms with Gasteiger partial charge in [0.1, 0.15) is 9.88 Å². The molecule has 3 heterocycles. The lowest BCUT2D eigenvalue weighted by Crippen LogP contribution is -2.29. The normalized spacial score (nSPS) is 14.1. The molecule has 0 saturated carbocycles. The molecule has 4 nitrogen and oxygen atoms in total. The standard InChI is InChI=1S/C14H16N2O2S3/c1-18-14(17)12-10(15)11(19-2)13(21-12)16-5-3-9-8(7-16)4-6-20-9/h4,6H,3,5,7,15H2,1-2H3. The zero-order chi connectivity index (χ0) is 15.0. The summed E-state index contributed by atoms with van der Waals surface area (Å²) in [5.41, 5.74) is 8.06. The predicted octanol–water partition coefficient (Wildman–Crippen LogP) is 3.46. The lowest BCUT2D eigenvalue weighted by atomic mass is 10.1. The molecule has 0 unspecified atom stereocenters. The molecule has 7 heteroatoms. The summed E-state index contributed by atoms with van der Waals surface area (Å²) in [6.07, 6.45) is 3.04. The molecule has 21 heavy (non-hydrogen) atoms. The summed E-state index contributed by atoms with van der Waals surface area (Å²) < 4.78 is 4.83. The molecule has 0 fully saturated rings. The molecule has 3 rings (SSSR count). The maximum Gasteiger partial charge on any atom is 0.350 e. The number of hydrogen-bond acceptors (Lipinski definition) is 7. The second-order valence-corrected chi connectivity index (χ2v) is 7.53. The Morgan fingerprint density at radius 3 is 3.05 bits per heavy atom. The number of ether oxygens (including phenoxy) is 1. The highest BCUT2D eigenvalue weighted by molar-refractivity contribution is 7.99. The number of anilines is 2. The van der Waals surface area contributed by atoms with Crippen LogP contribution < -0.4 is 10.6 Å². The van der Waals surface area contributed by atoms with Gasteiger partial charge in [-0.15, -0.1) is 34.4 Å². The highest BCUT2D eigenvalue weighted by atomic mass is 32.2. The minimum Gasteiger partial charge on any atom is -0.465 e. The third-order valence-corrected chi connectivity index (χ3v) is 6.77. The van der Waals surface area contributed by atoms with E-state index in [0.29, 0.717) is 10.6 Å². The number of thiophene rings is 2. The quantitative estimate of drug-likeness (QED) is 0.685. The van der Waals surface area contributed by atoms with Crippen LogP contribution in [0.2, 0.25) is 0 Å². The lowest BCUT2D eigenvalue weighted by Gasteiger charge is -2.28. The number of esters is 1. The third kappa shape index (κ3) is 2.54. The van der Waals surface area contributed by atoms with Gasteiger partial charge in [0.2, 0.25) is 0 Å². The van der Waals surface area contributed by atoms with Crippen LogP contribution in [0.1, 0.15) is 20.1 Å². The van der Waals surface area contributed by atoms with Gasteiger partial charge in [-0.25, -0.2) is 4.79 Å². The molecule has 0 aliphatic carbocycles. The summed E-state index contributed by atoms with van der Waals surface area (Å²) in [6, 6.07) is 2.18. The van der Waals surface area contributed by atoms with E-state index in [4.69, 9.17) is 10.5 Å². The van der Waals surface area contributed by atoms with Crippen molar-refractivity contribution in [2.45, 2.75) is 17.9 Å². The van der Waals surface area contributed by atoms with Crippen LogP contribution in [0.4, 0.5) is 10.7 Å². The van der Waals surface area contributed by atoms with Crippen molar-refractivity contribution in [3.8, 4) is 0 Å². The van der Waals surface area contributed by atoms with Crippen LogP contribution in [0.15, 0.2) is 16.3 Å². The SMILES string of the molecule is COC(=O)c1sc(N2CCc3sccc3C2)c(SC)c1N. The van der Waals surface area contributed by atoms with E-state index in [1.807, 2.05) is 17.6 Å². The van der Waals surface area contributed by atoms with Crippen LogP contribution in [-0.4, -0.2) is 25.9 Å².